The van der Waals surface area contributed by atoms with E-state index in [1.807, 2.05) is 13.0 Å². The fraction of sp³-hybridized carbons (Fsp3) is 0.667. The van der Waals surface area contributed by atoms with Crippen molar-refractivity contribution < 1.29 is 17.5 Å². The minimum absolute atomic E-state index is 0. The van der Waals surface area contributed by atoms with E-state index < -0.39 is 10.0 Å². The lowest BCUT2D eigenvalue weighted by atomic mass is 9.86. The highest BCUT2D eigenvalue weighted by molar-refractivity contribution is 14.0. The fourth-order valence-electron chi connectivity index (χ4n) is 3.20. The maximum Gasteiger partial charge on any atom is 0.213 e. The van der Waals surface area contributed by atoms with Crippen molar-refractivity contribution in [1.82, 2.24) is 15.4 Å². The zero-order valence-electron chi connectivity index (χ0n) is 18.2. The van der Waals surface area contributed by atoms with Crippen molar-refractivity contribution in [3.63, 3.8) is 0 Å². The number of hydrogen-bond donors (Lipinski definition) is 3. The molecule has 0 saturated heterocycles. The van der Waals surface area contributed by atoms with Crippen molar-refractivity contribution in [3.8, 4) is 5.75 Å². The van der Waals surface area contributed by atoms with Gasteiger partial charge in [-0.25, -0.2) is 17.5 Å². The van der Waals surface area contributed by atoms with Crippen molar-refractivity contribution in [2.75, 3.05) is 32.5 Å². The van der Waals surface area contributed by atoms with Crippen LogP contribution in [0.2, 0.25) is 0 Å². The molecule has 0 heterocycles. The molecule has 1 aromatic rings. The molecule has 2 saturated carbocycles. The smallest absolute Gasteiger partial charge is 0.213 e. The molecule has 0 radical (unpaired) electrons. The van der Waals surface area contributed by atoms with Crippen molar-refractivity contribution in [1.29, 1.82) is 0 Å². The molecular weight excluding hydrogens is 534 g/mol. The quantitative estimate of drug-likeness (QED) is 0.217. The summed E-state index contributed by atoms with van der Waals surface area (Å²) in [7, 11) is -1.70. The van der Waals surface area contributed by atoms with E-state index in [0.717, 1.165) is 31.2 Å². The highest BCUT2D eigenvalue weighted by atomic mass is 127. The van der Waals surface area contributed by atoms with Crippen molar-refractivity contribution >= 4 is 40.0 Å². The molecule has 2 fully saturated rings. The molecule has 0 amide bonds. The summed E-state index contributed by atoms with van der Waals surface area (Å²) in [5.74, 6) is 1.38. The van der Waals surface area contributed by atoms with Gasteiger partial charge in [0, 0.05) is 20.1 Å². The van der Waals surface area contributed by atoms with Gasteiger partial charge in [-0.2, -0.15) is 0 Å². The second-order valence-corrected chi connectivity index (χ2v) is 10.2. The molecule has 1 aromatic carbocycles. The van der Waals surface area contributed by atoms with E-state index in [1.54, 1.807) is 13.1 Å². The van der Waals surface area contributed by atoms with Crippen LogP contribution in [0.25, 0.3) is 0 Å². The second kappa shape index (κ2) is 12.2. The van der Waals surface area contributed by atoms with Crippen LogP contribution in [0.1, 0.15) is 50.6 Å². The molecule has 0 bridgehead atoms. The first kappa shape index (κ1) is 26.1. The Kier molecular flexibility index (Phi) is 10.3. The van der Waals surface area contributed by atoms with Gasteiger partial charge in [-0.3, -0.25) is 4.99 Å². The number of nitrogens with one attached hydrogen (secondary N) is 3. The molecule has 7 nitrogen and oxygen atoms in total. The van der Waals surface area contributed by atoms with E-state index in [0.29, 0.717) is 30.9 Å². The number of sulfonamides is 1. The van der Waals surface area contributed by atoms with Crippen LogP contribution >= 0.6 is 24.0 Å². The third-order valence-electron chi connectivity index (χ3n) is 5.68. The lowest BCUT2D eigenvalue weighted by Crippen LogP contribution is -2.42. The highest BCUT2D eigenvalue weighted by Gasteiger charge is 2.23. The first-order chi connectivity index (χ1) is 14.4. The van der Waals surface area contributed by atoms with Gasteiger partial charge in [0.2, 0.25) is 10.0 Å². The van der Waals surface area contributed by atoms with Crippen molar-refractivity contribution in [3.05, 3.63) is 29.6 Å². The zero-order valence-corrected chi connectivity index (χ0v) is 21.3. The summed E-state index contributed by atoms with van der Waals surface area (Å²) in [6, 6.07) is 4.73. The van der Waals surface area contributed by atoms with Crippen LogP contribution in [0.5, 0.6) is 5.75 Å². The van der Waals surface area contributed by atoms with Gasteiger partial charge in [0.15, 0.2) is 17.5 Å². The van der Waals surface area contributed by atoms with Crippen molar-refractivity contribution in [2.45, 2.75) is 45.1 Å². The van der Waals surface area contributed by atoms with Gasteiger partial charge in [-0.05, 0) is 62.1 Å². The average Bonchev–Trinajstić information content (AvgIpc) is 3.49. The summed E-state index contributed by atoms with van der Waals surface area (Å²) < 4.78 is 46.7. The Morgan fingerprint density at radius 2 is 2.00 bits per heavy atom. The second-order valence-electron chi connectivity index (χ2n) is 8.27. The molecule has 31 heavy (non-hydrogen) atoms. The topological polar surface area (TPSA) is 91.8 Å². The lowest BCUT2D eigenvalue weighted by molar-refractivity contribution is 0.285. The zero-order chi connectivity index (χ0) is 21.6. The Labute approximate surface area is 202 Å². The van der Waals surface area contributed by atoms with Gasteiger partial charge >= 0.3 is 0 Å². The molecule has 3 N–H and O–H groups in total. The minimum Gasteiger partial charge on any atom is -0.490 e. The molecule has 0 aliphatic heterocycles. The molecule has 2 aliphatic rings. The summed E-state index contributed by atoms with van der Waals surface area (Å²) in [4.78, 5) is 4.13. The van der Waals surface area contributed by atoms with Crippen LogP contribution in [0.15, 0.2) is 23.2 Å². The molecule has 0 spiro atoms. The Morgan fingerprint density at radius 1 is 1.26 bits per heavy atom. The van der Waals surface area contributed by atoms with Crippen LogP contribution in [-0.2, 0) is 10.0 Å². The first-order valence-corrected chi connectivity index (χ1v) is 12.4. The number of halogens is 2. The van der Waals surface area contributed by atoms with Gasteiger partial charge in [0.05, 0.1) is 18.4 Å². The van der Waals surface area contributed by atoms with Gasteiger partial charge in [-0.15, -0.1) is 24.0 Å². The van der Waals surface area contributed by atoms with Gasteiger partial charge < -0.3 is 15.4 Å². The third kappa shape index (κ3) is 8.72. The van der Waals surface area contributed by atoms with Gasteiger partial charge in [-0.1, -0.05) is 12.5 Å². The number of benzene rings is 1. The summed E-state index contributed by atoms with van der Waals surface area (Å²) in [5, 5.41) is 6.17. The number of guanidine groups is 1. The average molecular weight is 568 g/mol. The Morgan fingerprint density at radius 3 is 2.58 bits per heavy atom. The van der Waals surface area contributed by atoms with Crippen LogP contribution < -0.4 is 20.1 Å². The molecule has 1 unspecified atom stereocenters. The normalized spacial score (nSPS) is 18.0. The van der Waals surface area contributed by atoms with E-state index in [4.69, 9.17) is 4.74 Å². The Bertz CT molecular complexity index is 845. The lowest BCUT2D eigenvalue weighted by Gasteiger charge is -2.25. The maximum absolute atomic E-state index is 14.3. The van der Waals surface area contributed by atoms with E-state index in [9.17, 15) is 12.8 Å². The summed E-state index contributed by atoms with van der Waals surface area (Å²) in [5.41, 5.74) is 0.754. The van der Waals surface area contributed by atoms with Crippen molar-refractivity contribution in [2.24, 2.45) is 16.8 Å². The predicted octanol–water partition coefficient (Wildman–Crippen LogP) is 3.18. The highest BCUT2D eigenvalue weighted by Crippen LogP contribution is 2.30. The Balaban J connectivity index is 0.00000341. The SMILES string of the molecule is CN=C(NCCS(=O)(=O)NCC1CCC1)NC(C)c1ccc(OCC2CC2)c(F)c1.I. The molecule has 0 aromatic heterocycles. The number of ether oxygens (including phenoxy) is 1. The van der Waals surface area contributed by atoms with Crippen LogP contribution in [0.4, 0.5) is 4.39 Å². The molecule has 176 valence electrons. The number of nitrogens with zero attached hydrogens (tertiary/aromatic N) is 1. The molecule has 1 atom stereocenters. The minimum atomic E-state index is -3.31. The first-order valence-electron chi connectivity index (χ1n) is 10.7. The summed E-state index contributed by atoms with van der Waals surface area (Å²) in [6.45, 7) is 3.22. The summed E-state index contributed by atoms with van der Waals surface area (Å²) in [6.07, 6.45) is 5.70. The number of hydrogen-bond acceptors (Lipinski definition) is 4. The molecular formula is C21H34FIN4O3S. The van der Waals surface area contributed by atoms with E-state index in [1.165, 1.54) is 12.5 Å². The Hall–Kier alpha value is -1.14. The fourth-order valence-corrected chi connectivity index (χ4v) is 4.20. The van der Waals surface area contributed by atoms with Gasteiger partial charge in [0.25, 0.3) is 0 Å². The maximum atomic E-state index is 14.3. The molecule has 2 aliphatic carbocycles. The van der Waals surface area contributed by atoms with Gasteiger partial charge in [0.1, 0.15) is 0 Å². The monoisotopic (exact) mass is 568 g/mol. The molecule has 3 rings (SSSR count). The molecule has 10 heteroatoms. The third-order valence-corrected chi connectivity index (χ3v) is 7.03. The van der Waals surface area contributed by atoms with Crippen LogP contribution in [0, 0.1) is 17.7 Å². The number of aliphatic imine (C=N–C) groups is 1. The summed E-state index contributed by atoms with van der Waals surface area (Å²) >= 11 is 0. The van der Waals surface area contributed by atoms with E-state index >= 15 is 0 Å². The van der Waals surface area contributed by atoms with E-state index in [2.05, 4.69) is 20.3 Å². The van der Waals surface area contributed by atoms with Crippen LogP contribution in [0.3, 0.4) is 0 Å². The standard InChI is InChI=1S/C21H33FN4O3S.HI/c1-15(18-8-9-20(19(22)12-18)29-14-17-6-7-17)26-21(23-2)24-10-11-30(27,28)25-13-16-4-3-5-16;/h8-9,12,15-17,25H,3-7,10-11,13-14H2,1-2H3,(H2,23,24,26);1H. The van der Waals surface area contributed by atoms with Crippen LogP contribution in [-0.4, -0.2) is 46.9 Å². The number of rotatable bonds is 11. The van der Waals surface area contributed by atoms with E-state index in [-0.39, 0.29) is 53.9 Å². The predicted molar refractivity (Wildman–Crippen MR) is 132 cm³/mol. The largest absolute Gasteiger partial charge is 0.490 e.